The highest BCUT2D eigenvalue weighted by Gasteiger charge is 2.28. The molecule has 0 aromatic heterocycles. The maximum atomic E-state index is 11.9. The van der Waals surface area contributed by atoms with Crippen molar-refractivity contribution in [1.29, 1.82) is 0 Å². The van der Waals surface area contributed by atoms with E-state index in [1.807, 2.05) is 30.3 Å². The largest absolute Gasteiger partial charge is 0.394 e. The second-order valence-corrected chi connectivity index (χ2v) is 4.74. The Kier molecular flexibility index (Phi) is 4.52. The van der Waals surface area contributed by atoms with Crippen LogP contribution in [0, 0.1) is 0 Å². The zero-order valence-electron chi connectivity index (χ0n) is 10.6. The van der Waals surface area contributed by atoms with Gasteiger partial charge in [-0.15, -0.1) is 0 Å². The monoisotopic (exact) mass is 262 g/mol. The van der Waals surface area contributed by atoms with Crippen LogP contribution in [0.3, 0.4) is 0 Å². The number of hydrogen-bond donors (Lipinski definition) is 3. The Morgan fingerprint density at radius 3 is 2.74 bits per heavy atom. The highest BCUT2D eigenvalue weighted by atomic mass is 16.3. The first kappa shape index (κ1) is 13.5. The first-order chi connectivity index (χ1) is 9.19. The van der Waals surface area contributed by atoms with Gasteiger partial charge >= 0.3 is 0 Å². The molecule has 0 aliphatic carbocycles. The molecule has 1 saturated heterocycles. The predicted molar refractivity (Wildman–Crippen MR) is 70.3 cm³/mol. The molecule has 1 fully saturated rings. The molecule has 19 heavy (non-hydrogen) atoms. The van der Waals surface area contributed by atoms with Crippen molar-refractivity contribution in [3.05, 3.63) is 35.9 Å². The van der Waals surface area contributed by atoms with Crippen molar-refractivity contribution in [3.8, 4) is 0 Å². The molecule has 1 heterocycles. The van der Waals surface area contributed by atoms with Gasteiger partial charge in [0.25, 0.3) is 0 Å². The van der Waals surface area contributed by atoms with Crippen LogP contribution in [0.4, 0.5) is 0 Å². The van der Waals surface area contributed by atoms with Crippen molar-refractivity contribution in [2.24, 2.45) is 0 Å². The topological polar surface area (TPSA) is 78.4 Å². The molecule has 2 rings (SSSR count). The normalized spacial score (nSPS) is 19.8. The van der Waals surface area contributed by atoms with Crippen LogP contribution < -0.4 is 10.6 Å². The molecule has 102 valence electrons. The van der Waals surface area contributed by atoms with Gasteiger partial charge in [0.1, 0.15) is 6.04 Å². The van der Waals surface area contributed by atoms with Crippen molar-refractivity contribution in [2.75, 3.05) is 6.61 Å². The van der Waals surface area contributed by atoms with E-state index in [0.717, 1.165) is 5.56 Å². The highest BCUT2D eigenvalue weighted by molar-refractivity contribution is 5.90. The van der Waals surface area contributed by atoms with Crippen LogP contribution >= 0.6 is 0 Å². The summed E-state index contributed by atoms with van der Waals surface area (Å²) in [5.74, 6) is -0.315. The molecule has 5 heteroatoms. The van der Waals surface area contributed by atoms with Crippen LogP contribution in [0.5, 0.6) is 0 Å². The van der Waals surface area contributed by atoms with Gasteiger partial charge in [-0.05, 0) is 18.4 Å². The maximum absolute atomic E-state index is 11.9. The lowest BCUT2D eigenvalue weighted by Crippen LogP contribution is -2.47. The van der Waals surface area contributed by atoms with Crippen LogP contribution in [0.25, 0.3) is 0 Å². The SMILES string of the molecule is O=C1CCC(C(=O)N[C@H](CO)Cc2ccccc2)N1. The summed E-state index contributed by atoms with van der Waals surface area (Å²) in [7, 11) is 0. The van der Waals surface area contributed by atoms with Gasteiger partial charge in [0, 0.05) is 6.42 Å². The second kappa shape index (κ2) is 6.33. The Morgan fingerprint density at radius 1 is 1.42 bits per heavy atom. The zero-order chi connectivity index (χ0) is 13.7. The summed E-state index contributed by atoms with van der Waals surface area (Å²) in [6, 6.07) is 8.87. The number of benzene rings is 1. The lowest BCUT2D eigenvalue weighted by atomic mass is 10.1. The van der Waals surface area contributed by atoms with E-state index in [-0.39, 0.29) is 24.5 Å². The van der Waals surface area contributed by atoms with Crippen molar-refractivity contribution in [2.45, 2.75) is 31.3 Å². The number of carbonyl (C=O) groups is 2. The molecule has 2 amide bonds. The Morgan fingerprint density at radius 2 is 2.16 bits per heavy atom. The zero-order valence-corrected chi connectivity index (χ0v) is 10.6. The van der Waals surface area contributed by atoms with Crippen molar-refractivity contribution in [1.82, 2.24) is 10.6 Å². The molecular weight excluding hydrogens is 244 g/mol. The fourth-order valence-corrected chi connectivity index (χ4v) is 2.17. The van der Waals surface area contributed by atoms with Crippen LogP contribution in [0.1, 0.15) is 18.4 Å². The Hall–Kier alpha value is -1.88. The van der Waals surface area contributed by atoms with Crippen LogP contribution in [0.15, 0.2) is 30.3 Å². The van der Waals surface area contributed by atoms with Crippen LogP contribution in [-0.2, 0) is 16.0 Å². The number of nitrogens with one attached hydrogen (secondary N) is 2. The predicted octanol–water partition coefficient (Wildman–Crippen LogP) is -0.0152. The van der Waals surface area contributed by atoms with E-state index >= 15 is 0 Å². The fraction of sp³-hybridized carbons (Fsp3) is 0.429. The Bertz CT molecular complexity index is 447. The summed E-state index contributed by atoms with van der Waals surface area (Å²) in [6.07, 6.45) is 1.48. The molecule has 3 N–H and O–H groups in total. The van der Waals surface area contributed by atoms with E-state index in [4.69, 9.17) is 0 Å². The molecule has 1 unspecified atom stereocenters. The number of carbonyl (C=O) groups excluding carboxylic acids is 2. The van der Waals surface area contributed by atoms with E-state index in [2.05, 4.69) is 10.6 Å². The number of hydrogen-bond acceptors (Lipinski definition) is 3. The maximum Gasteiger partial charge on any atom is 0.242 e. The second-order valence-electron chi connectivity index (χ2n) is 4.74. The first-order valence-corrected chi connectivity index (χ1v) is 6.43. The van der Waals surface area contributed by atoms with Crippen molar-refractivity contribution in [3.63, 3.8) is 0 Å². The molecule has 1 aliphatic heterocycles. The fourth-order valence-electron chi connectivity index (χ4n) is 2.17. The van der Waals surface area contributed by atoms with Gasteiger partial charge in [-0.3, -0.25) is 9.59 Å². The lowest BCUT2D eigenvalue weighted by molar-refractivity contribution is -0.126. The summed E-state index contributed by atoms with van der Waals surface area (Å²) in [5, 5.41) is 14.7. The standard InChI is InChI=1S/C14H18N2O3/c17-9-11(8-10-4-2-1-3-5-10)15-14(19)12-6-7-13(18)16-12/h1-5,11-12,17H,6-9H2,(H,15,19)(H,16,18)/t11-,12?/m0/s1. The summed E-state index contributed by atoms with van der Waals surface area (Å²) >= 11 is 0. The molecule has 1 aliphatic rings. The van der Waals surface area contributed by atoms with Crippen LogP contribution in [-0.4, -0.2) is 35.6 Å². The quantitative estimate of drug-likeness (QED) is 0.698. The third-order valence-corrected chi connectivity index (χ3v) is 3.20. The molecule has 0 saturated carbocycles. The lowest BCUT2D eigenvalue weighted by Gasteiger charge is -2.19. The van der Waals surface area contributed by atoms with Crippen molar-refractivity contribution < 1.29 is 14.7 Å². The molecule has 2 atom stereocenters. The first-order valence-electron chi connectivity index (χ1n) is 6.43. The summed E-state index contributed by atoms with van der Waals surface area (Å²) < 4.78 is 0. The van der Waals surface area contributed by atoms with Gasteiger partial charge in [0.2, 0.25) is 11.8 Å². The molecular formula is C14H18N2O3. The third kappa shape index (κ3) is 3.79. The smallest absolute Gasteiger partial charge is 0.242 e. The number of aliphatic hydroxyl groups is 1. The minimum Gasteiger partial charge on any atom is -0.394 e. The molecule has 0 spiro atoms. The van der Waals surface area contributed by atoms with Gasteiger partial charge in [-0.2, -0.15) is 0 Å². The molecule has 0 bridgehead atoms. The van der Waals surface area contributed by atoms with E-state index < -0.39 is 6.04 Å². The van der Waals surface area contributed by atoms with Gasteiger partial charge in [0.05, 0.1) is 12.6 Å². The Labute approximate surface area is 112 Å². The molecule has 5 nitrogen and oxygen atoms in total. The summed E-state index contributed by atoms with van der Waals surface area (Å²) in [4.78, 5) is 23.0. The summed E-state index contributed by atoms with van der Waals surface area (Å²) in [6.45, 7) is -0.124. The van der Waals surface area contributed by atoms with Crippen molar-refractivity contribution >= 4 is 11.8 Å². The molecule has 0 radical (unpaired) electrons. The van der Waals surface area contributed by atoms with Gasteiger partial charge in [-0.1, -0.05) is 30.3 Å². The molecule has 1 aromatic carbocycles. The van der Waals surface area contributed by atoms with Gasteiger partial charge < -0.3 is 15.7 Å². The van der Waals surface area contributed by atoms with E-state index in [1.54, 1.807) is 0 Å². The minimum atomic E-state index is -0.461. The molecule has 1 aromatic rings. The third-order valence-electron chi connectivity index (χ3n) is 3.20. The summed E-state index contributed by atoms with van der Waals surface area (Å²) in [5.41, 5.74) is 1.05. The van der Waals surface area contributed by atoms with E-state index in [1.165, 1.54) is 0 Å². The minimum absolute atomic E-state index is 0.0937. The average Bonchev–Trinajstić information content (AvgIpc) is 2.86. The highest BCUT2D eigenvalue weighted by Crippen LogP contribution is 2.08. The Balaban J connectivity index is 1.88. The van der Waals surface area contributed by atoms with Gasteiger partial charge in [-0.25, -0.2) is 0 Å². The number of amides is 2. The van der Waals surface area contributed by atoms with Gasteiger partial charge in [0.15, 0.2) is 0 Å². The number of rotatable bonds is 5. The number of aliphatic hydroxyl groups excluding tert-OH is 1. The average molecular weight is 262 g/mol. The van der Waals surface area contributed by atoms with E-state index in [0.29, 0.717) is 19.3 Å². The van der Waals surface area contributed by atoms with Crippen LogP contribution in [0.2, 0.25) is 0 Å². The van der Waals surface area contributed by atoms with E-state index in [9.17, 15) is 14.7 Å².